The first-order valence-corrected chi connectivity index (χ1v) is 5.99. The van der Waals surface area contributed by atoms with Gasteiger partial charge in [-0.15, -0.1) is 0 Å². The number of hydrogen-bond donors (Lipinski definition) is 2. The van der Waals surface area contributed by atoms with E-state index in [1.54, 1.807) is 18.6 Å². The van der Waals surface area contributed by atoms with Crippen molar-refractivity contribution in [3.8, 4) is 0 Å². The summed E-state index contributed by atoms with van der Waals surface area (Å²) in [5, 5.41) is 5.39. The van der Waals surface area contributed by atoms with E-state index in [9.17, 15) is 4.79 Å². The number of hydrogen-bond acceptors (Lipinski definition) is 2. The molecule has 2 N–H and O–H groups in total. The number of nitrogens with one attached hydrogen (secondary N) is 2. The van der Waals surface area contributed by atoms with Gasteiger partial charge in [0.05, 0.1) is 0 Å². The second kappa shape index (κ2) is 6.96. The average molecular weight is 253 g/mol. The summed E-state index contributed by atoms with van der Waals surface area (Å²) in [6, 6.07) is 13.3. The first-order valence-electron chi connectivity index (χ1n) is 5.99. The van der Waals surface area contributed by atoms with Crippen LogP contribution in [0.5, 0.6) is 0 Å². The molecule has 0 saturated heterocycles. The molecule has 96 valence electrons. The minimum absolute atomic E-state index is 0.240. The van der Waals surface area contributed by atoms with Crippen LogP contribution in [0.15, 0.2) is 61.1 Å². The lowest BCUT2D eigenvalue weighted by Crippen LogP contribution is -2.31. The Morgan fingerprint density at radius 1 is 1.16 bits per heavy atom. The highest BCUT2D eigenvalue weighted by molar-refractivity contribution is 5.75. The van der Waals surface area contributed by atoms with Gasteiger partial charge in [-0.3, -0.25) is 4.98 Å². The monoisotopic (exact) mass is 253 g/mol. The minimum Gasteiger partial charge on any atom is -0.334 e. The zero-order valence-corrected chi connectivity index (χ0v) is 10.4. The second-order valence-electron chi connectivity index (χ2n) is 3.93. The third-order valence-corrected chi connectivity index (χ3v) is 2.47. The second-order valence-corrected chi connectivity index (χ2v) is 3.93. The molecule has 2 aromatic rings. The third kappa shape index (κ3) is 4.63. The predicted octanol–water partition coefficient (Wildman–Crippen LogP) is 2.55. The van der Waals surface area contributed by atoms with E-state index in [2.05, 4.69) is 15.6 Å². The maximum atomic E-state index is 11.5. The van der Waals surface area contributed by atoms with Crippen LogP contribution in [0.4, 0.5) is 4.79 Å². The Morgan fingerprint density at radius 2 is 2.00 bits per heavy atom. The number of aromatic nitrogens is 1. The number of benzene rings is 1. The van der Waals surface area contributed by atoms with Gasteiger partial charge in [-0.2, -0.15) is 0 Å². The van der Waals surface area contributed by atoms with Crippen molar-refractivity contribution in [3.05, 3.63) is 72.2 Å². The molecule has 0 bridgehead atoms. The van der Waals surface area contributed by atoms with Crippen LogP contribution in [-0.4, -0.2) is 11.0 Å². The number of urea groups is 1. The molecule has 1 aromatic heterocycles. The van der Waals surface area contributed by atoms with Gasteiger partial charge in [0.15, 0.2) is 0 Å². The van der Waals surface area contributed by atoms with Crippen molar-refractivity contribution in [2.45, 2.75) is 6.54 Å². The largest absolute Gasteiger partial charge is 0.334 e. The standard InChI is InChI=1S/C15H15N3O/c19-15(18-12-14-7-4-9-16-11-14)17-10-8-13-5-2-1-3-6-13/h1-11H,12H2,(H2,17,18,19)/b10-8+. The molecule has 0 spiro atoms. The Hall–Kier alpha value is -2.62. The van der Waals surface area contributed by atoms with Crippen molar-refractivity contribution >= 4 is 12.1 Å². The molecule has 1 aromatic carbocycles. The lowest BCUT2D eigenvalue weighted by Gasteiger charge is -2.03. The van der Waals surface area contributed by atoms with Gasteiger partial charge in [0.2, 0.25) is 0 Å². The minimum atomic E-state index is -0.240. The summed E-state index contributed by atoms with van der Waals surface area (Å²) in [5.74, 6) is 0. The van der Waals surface area contributed by atoms with Gasteiger partial charge >= 0.3 is 6.03 Å². The van der Waals surface area contributed by atoms with E-state index < -0.39 is 0 Å². The Kier molecular flexibility index (Phi) is 4.70. The summed E-state index contributed by atoms with van der Waals surface area (Å²) in [7, 11) is 0. The molecule has 0 unspecified atom stereocenters. The highest BCUT2D eigenvalue weighted by atomic mass is 16.2. The van der Waals surface area contributed by atoms with Crippen molar-refractivity contribution < 1.29 is 4.79 Å². The van der Waals surface area contributed by atoms with Gasteiger partial charge in [0.1, 0.15) is 0 Å². The van der Waals surface area contributed by atoms with Crippen molar-refractivity contribution in [1.29, 1.82) is 0 Å². The molecule has 19 heavy (non-hydrogen) atoms. The topological polar surface area (TPSA) is 54.0 Å². The fourth-order valence-corrected chi connectivity index (χ4v) is 1.51. The van der Waals surface area contributed by atoms with Gasteiger partial charge in [0, 0.05) is 25.1 Å². The molecule has 2 amide bonds. The number of carbonyl (C=O) groups is 1. The highest BCUT2D eigenvalue weighted by Gasteiger charge is 1.97. The van der Waals surface area contributed by atoms with Gasteiger partial charge in [-0.05, 0) is 23.3 Å². The smallest absolute Gasteiger partial charge is 0.319 e. The maximum Gasteiger partial charge on any atom is 0.319 e. The summed E-state index contributed by atoms with van der Waals surface area (Å²) in [4.78, 5) is 15.5. The molecular weight excluding hydrogens is 238 g/mol. The molecule has 4 heteroatoms. The first kappa shape index (κ1) is 12.8. The fraction of sp³-hybridized carbons (Fsp3) is 0.0667. The van der Waals surface area contributed by atoms with Crippen molar-refractivity contribution in [2.24, 2.45) is 0 Å². The molecule has 0 atom stereocenters. The van der Waals surface area contributed by atoms with Crippen LogP contribution >= 0.6 is 0 Å². The van der Waals surface area contributed by atoms with E-state index in [4.69, 9.17) is 0 Å². The highest BCUT2D eigenvalue weighted by Crippen LogP contribution is 1.99. The van der Waals surface area contributed by atoms with E-state index in [0.29, 0.717) is 6.54 Å². The maximum absolute atomic E-state index is 11.5. The lowest BCUT2D eigenvalue weighted by atomic mass is 10.2. The Morgan fingerprint density at radius 3 is 2.74 bits per heavy atom. The van der Waals surface area contributed by atoms with Gasteiger partial charge in [-0.1, -0.05) is 36.4 Å². The van der Waals surface area contributed by atoms with Crippen molar-refractivity contribution in [2.75, 3.05) is 0 Å². The lowest BCUT2D eigenvalue weighted by molar-refractivity contribution is 0.244. The molecule has 0 aliphatic rings. The van der Waals surface area contributed by atoms with Crippen LogP contribution in [0, 0.1) is 0 Å². The van der Waals surface area contributed by atoms with Gasteiger partial charge in [-0.25, -0.2) is 4.79 Å². The normalized spacial score (nSPS) is 10.3. The number of amides is 2. The van der Waals surface area contributed by atoms with Crippen LogP contribution in [0.25, 0.3) is 6.08 Å². The summed E-state index contributed by atoms with van der Waals surface area (Å²) in [5.41, 5.74) is 2.00. The van der Waals surface area contributed by atoms with Crippen molar-refractivity contribution in [3.63, 3.8) is 0 Å². The molecule has 0 saturated carbocycles. The molecular formula is C15H15N3O. The Balaban J connectivity index is 1.75. The molecule has 0 aliphatic carbocycles. The Labute approximate surface area is 112 Å². The number of nitrogens with zero attached hydrogens (tertiary/aromatic N) is 1. The summed E-state index contributed by atoms with van der Waals surface area (Å²) in [6.07, 6.45) is 6.88. The van der Waals surface area contributed by atoms with Crippen LogP contribution in [0.2, 0.25) is 0 Å². The van der Waals surface area contributed by atoms with E-state index in [1.165, 1.54) is 0 Å². The van der Waals surface area contributed by atoms with Crippen molar-refractivity contribution in [1.82, 2.24) is 15.6 Å². The third-order valence-electron chi connectivity index (χ3n) is 2.47. The fourth-order valence-electron chi connectivity index (χ4n) is 1.51. The number of carbonyl (C=O) groups excluding carboxylic acids is 1. The first-order chi connectivity index (χ1) is 9.34. The predicted molar refractivity (Wildman–Crippen MR) is 75.1 cm³/mol. The number of rotatable bonds is 4. The van der Waals surface area contributed by atoms with Crippen LogP contribution in [-0.2, 0) is 6.54 Å². The molecule has 2 rings (SSSR count). The molecule has 4 nitrogen and oxygen atoms in total. The van der Waals surface area contributed by atoms with Crippen LogP contribution < -0.4 is 10.6 Å². The van der Waals surface area contributed by atoms with E-state index in [0.717, 1.165) is 11.1 Å². The summed E-state index contributed by atoms with van der Waals surface area (Å²) >= 11 is 0. The van der Waals surface area contributed by atoms with Crippen LogP contribution in [0.3, 0.4) is 0 Å². The number of pyridine rings is 1. The zero-order chi connectivity index (χ0) is 13.3. The summed E-state index contributed by atoms with van der Waals surface area (Å²) < 4.78 is 0. The molecule has 1 heterocycles. The zero-order valence-electron chi connectivity index (χ0n) is 10.4. The van der Waals surface area contributed by atoms with E-state index in [1.807, 2.05) is 48.5 Å². The molecule has 0 aliphatic heterocycles. The SMILES string of the molecule is O=C(N/C=C/c1ccccc1)NCc1cccnc1. The molecule has 0 fully saturated rings. The summed E-state index contributed by atoms with van der Waals surface area (Å²) in [6.45, 7) is 0.457. The van der Waals surface area contributed by atoms with E-state index in [-0.39, 0.29) is 6.03 Å². The quantitative estimate of drug-likeness (QED) is 0.879. The average Bonchev–Trinajstić information content (AvgIpc) is 2.47. The van der Waals surface area contributed by atoms with Gasteiger partial charge in [0.25, 0.3) is 0 Å². The van der Waals surface area contributed by atoms with E-state index >= 15 is 0 Å². The molecule has 0 radical (unpaired) electrons. The van der Waals surface area contributed by atoms with Crippen LogP contribution in [0.1, 0.15) is 11.1 Å². The Bertz CT molecular complexity index is 538. The van der Waals surface area contributed by atoms with Gasteiger partial charge < -0.3 is 10.6 Å².